The highest BCUT2D eigenvalue weighted by Gasteiger charge is 2.16. The van der Waals surface area contributed by atoms with E-state index in [2.05, 4.69) is 20.8 Å². The van der Waals surface area contributed by atoms with E-state index in [4.69, 9.17) is 21.4 Å². The number of rotatable bonds is 7. The van der Waals surface area contributed by atoms with E-state index in [1.54, 1.807) is 36.4 Å². The predicted octanol–water partition coefficient (Wildman–Crippen LogP) is 5.11. The fourth-order valence-corrected chi connectivity index (χ4v) is 3.88. The number of nitrogens with zero attached hydrogens (tertiary/aromatic N) is 4. The molecule has 0 saturated heterocycles. The third kappa shape index (κ3) is 5.34. The normalized spacial score (nSPS) is 10.8. The monoisotopic (exact) mass is 528 g/mol. The topological polar surface area (TPSA) is 137 Å². The molecule has 12 heteroatoms. The summed E-state index contributed by atoms with van der Waals surface area (Å²) in [7, 11) is 0. The van der Waals surface area contributed by atoms with Gasteiger partial charge in [-0.2, -0.15) is 4.80 Å². The van der Waals surface area contributed by atoms with Crippen molar-refractivity contribution in [2.75, 3.05) is 11.9 Å². The van der Waals surface area contributed by atoms with E-state index in [-0.39, 0.29) is 16.6 Å². The Labute approximate surface area is 221 Å². The Morgan fingerprint density at radius 1 is 1.05 bits per heavy atom. The minimum atomic E-state index is -0.568. The average Bonchev–Trinajstić information content (AvgIpc) is 3.57. The van der Waals surface area contributed by atoms with E-state index in [1.807, 2.05) is 31.2 Å². The van der Waals surface area contributed by atoms with E-state index in [0.717, 1.165) is 11.4 Å². The van der Waals surface area contributed by atoms with Crippen molar-refractivity contribution in [3.05, 3.63) is 94.7 Å². The zero-order valence-corrected chi connectivity index (χ0v) is 20.8. The first-order valence-electron chi connectivity index (χ1n) is 11.5. The Balaban J connectivity index is 1.24. The molecule has 2 N–H and O–H groups in total. The number of hydrogen-bond donors (Lipinski definition) is 2. The third-order valence-electron chi connectivity index (χ3n) is 5.42. The van der Waals surface area contributed by atoms with Crippen molar-refractivity contribution < 1.29 is 18.9 Å². The molecule has 0 aliphatic rings. The molecule has 2 heterocycles. The van der Waals surface area contributed by atoms with E-state index >= 15 is 0 Å². The summed E-state index contributed by atoms with van der Waals surface area (Å²) in [4.78, 5) is 24.7. The second-order valence-electron chi connectivity index (χ2n) is 8.00. The molecule has 0 aliphatic heterocycles. The van der Waals surface area contributed by atoms with Gasteiger partial charge in [0.25, 0.3) is 11.6 Å². The number of anilines is 1. The van der Waals surface area contributed by atoms with Crippen LogP contribution in [0.5, 0.6) is 5.75 Å². The summed E-state index contributed by atoms with van der Waals surface area (Å²) in [5.74, 6) is 0.523. The molecule has 0 bridgehead atoms. The number of aromatic nitrogens is 3. The standard InChI is InChI=1S/C26H20N6O5S/c1-2-36-20-9-7-18(8-10-20)31-29-21-11-6-17(15-22(21)30-31)27-26(38)28-25(33)24-13-12-23(37-24)16-4-3-5-19(14-16)32(34)35/h3-15H,2H2,1H3,(H2,27,28,33,38). The number of carbonyl (C=O) groups excluding carboxylic acids is 1. The Hall–Kier alpha value is -5.10. The first-order chi connectivity index (χ1) is 18.4. The van der Waals surface area contributed by atoms with Crippen LogP contribution in [0.1, 0.15) is 17.5 Å². The van der Waals surface area contributed by atoms with Crippen LogP contribution in [0.25, 0.3) is 28.0 Å². The maximum absolute atomic E-state index is 12.6. The summed E-state index contributed by atoms with van der Waals surface area (Å²) in [5.41, 5.74) is 3.11. The zero-order chi connectivity index (χ0) is 26.6. The Morgan fingerprint density at radius 3 is 2.61 bits per heavy atom. The van der Waals surface area contributed by atoms with Gasteiger partial charge < -0.3 is 14.5 Å². The fraction of sp³-hybridized carbons (Fsp3) is 0.0769. The highest BCUT2D eigenvalue weighted by atomic mass is 32.1. The molecule has 2 aromatic heterocycles. The Morgan fingerprint density at radius 2 is 1.84 bits per heavy atom. The van der Waals surface area contributed by atoms with Gasteiger partial charge >= 0.3 is 0 Å². The number of hydrogen-bond acceptors (Lipinski definition) is 8. The number of nitro groups is 1. The smallest absolute Gasteiger partial charge is 0.293 e. The van der Waals surface area contributed by atoms with Crippen molar-refractivity contribution in [1.82, 2.24) is 20.3 Å². The molecule has 5 rings (SSSR count). The van der Waals surface area contributed by atoms with Gasteiger partial charge in [-0.1, -0.05) is 12.1 Å². The lowest BCUT2D eigenvalue weighted by Gasteiger charge is -2.08. The Kier molecular flexibility index (Phi) is 6.78. The molecular weight excluding hydrogens is 508 g/mol. The van der Waals surface area contributed by atoms with Gasteiger partial charge in [-0.15, -0.1) is 10.2 Å². The molecule has 0 unspecified atom stereocenters. The van der Waals surface area contributed by atoms with Gasteiger partial charge in [0.05, 0.1) is 17.2 Å². The molecule has 0 radical (unpaired) electrons. The summed E-state index contributed by atoms with van der Waals surface area (Å²) >= 11 is 5.28. The van der Waals surface area contributed by atoms with Gasteiger partial charge in [0.2, 0.25) is 0 Å². The molecule has 0 aliphatic carbocycles. The molecule has 0 saturated carbocycles. The second-order valence-corrected chi connectivity index (χ2v) is 8.41. The largest absolute Gasteiger partial charge is 0.494 e. The van der Waals surface area contributed by atoms with Crippen molar-refractivity contribution in [1.29, 1.82) is 0 Å². The van der Waals surface area contributed by atoms with Crippen molar-refractivity contribution in [2.45, 2.75) is 6.92 Å². The van der Waals surface area contributed by atoms with E-state index in [0.29, 0.717) is 34.7 Å². The first kappa shape index (κ1) is 24.6. The third-order valence-corrected chi connectivity index (χ3v) is 5.62. The maximum Gasteiger partial charge on any atom is 0.293 e. The highest BCUT2D eigenvalue weighted by molar-refractivity contribution is 7.80. The van der Waals surface area contributed by atoms with Gasteiger partial charge in [0.15, 0.2) is 10.9 Å². The van der Waals surface area contributed by atoms with Gasteiger partial charge in [0.1, 0.15) is 22.5 Å². The molecule has 190 valence electrons. The van der Waals surface area contributed by atoms with Crippen LogP contribution < -0.4 is 15.4 Å². The minimum absolute atomic E-state index is 0.00408. The van der Waals surface area contributed by atoms with Crippen LogP contribution in [-0.4, -0.2) is 37.5 Å². The summed E-state index contributed by atoms with van der Waals surface area (Å²) in [6.07, 6.45) is 0. The second kappa shape index (κ2) is 10.5. The zero-order valence-electron chi connectivity index (χ0n) is 20.0. The van der Waals surface area contributed by atoms with Crippen LogP contribution in [-0.2, 0) is 0 Å². The van der Waals surface area contributed by atoms with Crippen LogP contribution in [0.3, 0.4) is 0 Å². The molecule has 0 spiro atoms. The summed E-state index contributed by atoms with van der Waals surface area (Å²) in [6, 6.07) is 21.7. The number of fused-ring (bicyclic) bond motifs is 1. The summed E-state index contributed by atoms with van der Waals surface area (Å²) in [5, 5.41) is 25.6. The number of thiocarbonyl (C=S) groups is 1. The number of carbonyl (C=O) groups is 1. The fourth-order valence-electron chi connectivity index (χ4n) is 3.67. The molecule has 11 nitrogen and oxygen atoms in total. The van der Waals surface area contributed by atoms with Crippen LogP contribution in [0, 0.1) is 10.1 Å². The molecule has 1 amide bonds. The summed E-state index contributed by atoms with van der Waals surface area (Å²) in [6.45, 7) is 2.51. The van der Waals surface area contributed by atoms with E-state index in [1.165, 1.54) is 23.0 Å². The van der Waals surface area contributed by atoms with Crippen molar-refractivity contribution in [2.24, 2.45) is 0 Å². The number of non-ortho nitro benzene ring substituents is 1. The van der Waals surface area contributed by atoms with Crippen molar-refractivity contribution in [3.63, 3.8) is 0 Å². The average molecular weight is 529 g/mol. The molecular formula is C26H20N6O5S. The molecule has 0 atom stereocenters. The number of nitro benzene ring substituents is 1. The van der Waals surface area contributed by atoms with Gasteiger partial charge in [-0.3, -0.25) is 20.2 Å². The number of furan rings is 1. The predicted molar refractivity (Wildman–Crippen MR) is 145 cm³/mol. The lowest BCUT2D eigenvalue weighted by atomic mass is 10.1. The van der Waals surface area contributed by atoms with Crippen LogP contribution in [0.2, 0.25) is 0 Å². The van der Waals surface area contributed by atoms with E-state index < -0.39 is 10.8 Å². The molecule has 38 heavy (non-hydrogen) atoms. The summed E-state index contributed by atoms with van der Waals surface area (Å²) < 4.78 is 11.1. The number of benzene rings is 3. The highest BCUT2D eigenvalue weighted by Crippen LogP contribution is 2.26. The number of nitrogens with one attached hydrogen (secondary N) is 2. The molecule has 0 fully saturated rings. The van der Waals surface area contributed by atoms with Crippen LogP contribution in [0.4, 0.5) is 11.4 Å². The lowest BCUT2D eigenvalue weighted by molar-refractivity contribution is -0.384. The van der Waals surface area contributed by atoms with Gasteiger partial charge in [0, 0.05) is 23.4 Å². The SMILES string of the molecule is CCOc1ccc(-n2nc3ccc(NC(=S)NC(=O)c4ccc(-c5cccc([N+](=O)[O-])c5)o4)cc3n2)cc1. The van der Waals surface area contributed by atoms with Crippen molar-refractivity contribution in [3.8, 4) is 22.8 Å². The van der Waals surface area contributed by atoms with Gasteiger partial charge in [-0.25, -0.2) is 0 Å². The van der Waals surface area contributed by atoms with Crippen LogP contribution in [0.15, 0.2) is 83.3 Å². The molecule has 5 aromatic rings. The maximum atomic E-state index is 12.6. The minimum Gasteiger partial charge on any atom is -0.494 e. The number of amides is 1. The first-order valence-corrected chi connectivity index (χ1v) is 11.9. The van der Waals surface area contributed by atoms with E-state index in [9.17, 15) is 14.9 Å². The lowest BCUT2D eigenvalue weighted by Crippen LogP contribution is -2.33. The van der Waals surface area contributed by atoms with Crippen molar-refractivity contribution >= 4 is 45.6 Å². The van der Waals surface area contributed by atoms with Gasteiger partial charge in [-0.05, 0) is 73.7 Å². The molecule has 3 aromatic carbocycles. The van der Waals surface area contributed by atoms with Crippen LogP contribution >= 0.6 is 12.2 Å². The number of ether oxygens (including phenoxy) is 1. The Bertz CT molecular complexity index is 1660. The quantitative estimate of drug-likeness (QED) is 0.168.